The number of hydrogen-bond donors (Lipinski definition) is 2. The van der Waals surface area contributed by atoms with Crippen molar-refractivity contribution in [3.8, 4) is 0 Å². The summed E-state index contributed by atoms with van der Waals surface area (Å²) in [6.07, 6.45) is 0. The molecule has 19 heavy (non-hydrogen) atoms. The maximum absolute atomic E-state index is 12.3. The van der Waals surface area contributed by atoms with Crippen molar-refractivity contribution in [2.45, 2.75) is 38.6 Å². The molecule has 1 unspecified atom stereocenters. The third kappa shape index (κ3) is 2.85. The highest BCUT2D eigenvalue weighted by Crippen LogP contribution is 2.22. The largest absolute Gasteiger partial charge is 0.281 e. The number of thiazole rings is 1. The summed E-state index contributed by atoms with van der Waals surface area (Å²) in [4.78, 5) is 4.50. The van der Waals surface area contributed by atoms with Gasteiger partial charge in [-0.3, -0.25) is 5.10 Å². The molecule has 0 aromatic carbocycles. The van der Waals surface area contributed by atoms with Gasteiger partial charge in [-0.15, -0.1) is 11.3 Å². The van der Waals surface area contributed by atoms with E-state index in [4.69, 9.17) is 0 Å². The summed E-state index contributed by atoms with van der Waals surface area (Å²) in [6.45, 7) is 7.01. The Morgan fingerprint density at radius 3 is 2.53 bits per heavy atom. The zero-order valence-electron chi connectivity index (χ0n) is 11.2. The summed E-state index contributed by atoms with van der Waals surface area (Å²) in [6, 6.07) is -0.364. The summed E-state index contributed by atoms with van der Waals surface area (Å²) in [7, 11) is -3.59. The van der Waals surface area contributed by atoms with Gasteiger partial charge in [0, 0.05) is 11.1 Å². The van der Waals surface area contributed by atoms with Gasteiger partial charge in [0.1, 0.15) is 9.90 Å². The third-order valence-corrected chi connectivity index (χ3v) is 5.62. The topological polar surface area (TPSA) is 87.7 Å². The second kappa shape index (κ2) is 5.03. The molecular weight excluding hydrogens is 284 g/mol. The second-order valence-corrected chi connectivity index (χ2v) is 6.97. The van der Waals surface area contributed by atoms with E-state index >= 15 is 0 Å². The Morgan fingerprint density at radius 2 is 2.05 bits per heavy atom. The van der Waals surface area contributed by atoms with Crippen molar-refractivity contribution in [3.63, 3.8) is 0 Å². The minimum Gasteiger partial charge on any atom is -0.281 e. The SMILES string of the molecule is Cc1csc(C(C)NS(=O)(=O)c2c(C)n[nH]c2C)n1. The Morgan fingerprint density at radius 1 is 1.37 bits per heavy atom. The molecule has 8 heteroatoms. The summed E-state index contributed by atoms with van der Waals surface area (Å²) in [5.74, 6) is 0. The standard InChI is InChI=1S/C11H16N4O2S2/c1-6-5-18-11(12-6)9(4)15-19(16,17)10-7(2)13-14-8(10)3/h5,9,15H,1-4H3,(H,13,14). The van der Waals surface area contributed by atoms with Crippen LogP contribution in [0.5, 0.6) is 0 Å². The summed E-state index contributed by atoms with van der Waals surface area (Å²) >= 11 is 1.44. The molecule has 0 saturated carbocycles. The molecule has 0 aliphatic rings. The molecule has 0 amide bonds. The van der Waals surface area contributed by atoms with E-state index in [-0.39, 0.29) is 10.9 Å². The smallest absolute Gasteiger partial charge is 0.244 e. The van der Waals surface area contributed by atoms with Gasteiger partial charge in [0.15, 0.2) is 0 Å². The molecular formula is C11H16N4O2S2. The first kappa shape index (κ1) is 14.2. The van der Waals surface area contributed by atoms with Gasteiger partial charge in [0.25, 0.3) is 0 Å². The highest BCUT2D eigenvalue weighted by atomic mass is 32.2. The van der Waals surface area contributed by atoms with Gasteiger partial charge in [-0.05, 0) is 27.7 Å². The van der Waals surface area contributed by atoms with Crippen LogP contribution in [0.15, 0.2) is 10.3 Å². The molecule has 0 spiro atoms. The van der Waals surface area contributed by atoms with Crippen LogP contribution >= 0.6 is 11.3 Å². The first-order chi connectivity index (χ1) is 8.81. The molecule has 0 radical (unpaired) electrons. The molecule has 0 saturated heterocycles. The maximum atomic E-state index is 12.3. The monoisotopic (exact) mass is 300 g/mol. The number of hydrogen-bond acceptors (Lipinski definition) is 5. The molecule has 104 valence electrons. The summed E-state index contributed by atoms with van der Waals surface area (Å²) in [5, 5.41) is 9.23. The number of aromatic nitrogens is 3. The number of rotatable bonds is 4. The van der Waals surface area contributed by atoms with E-state index in [1.807, 2.05) is 12.3 Å². The molecule has 2 N–H and O–H groups in total. The van der Waals surface area contributed by atoms with Crippen molar-refractivity contribution < 1.29 is 8.42 Å². The molecule has 0 aliphatic heterocycles. The van der Waals surface area contributed by atoms with Gasteiger partial charge in [-0.2, -0.15) is 5.10 Å². The van der Waals surface area contributed by atoms with Gasteiger partial charge in [-0.1, -0.05) is 0 Å². The summed E-state index contributed by atoms with van der Waals surface area (Å²) in [5.41, 5.74) is 1.89. The van der Waals surface area contributed by atoms with E-state index in [2.05, 4.69) is 19.9 Å². The fourth-order valence-corrected chi connectivity index (χ4v) is 4.31. The Bertz CT molecular complexity index is 668. The van der Waals surface area contributed by atoms with Crippen LogP contribution in [0.25, 0.3) is 0 Å². The van der Waals surface area contributed by atoms with Gasteiger partial charge in [0.2, 0.25) is 10.0 Å². The average molecular weight is 300 g/mol. The van der Waals surface area contributed by atoms with Crippen LogP contribution in [-0.4, -0.2) is 23.6 Å². The fraction of sp³-hybridized carbons (Fsp3) is 0.455. The molecule has 2 aromatic rings. The Balaban J connectivity index is 2.27. The lowest BCUT2D eigenvalue weighted by molar-refractivity contribution is 0.565. The van der Waals surface area contributed by atoms with Crippen LogP contribution in [-0.2, 0) is 10.0 Å². The highest BCUT2D eigenvalue weighted by Gasteiger charge is 2.25. The van der Waals surface area contributed by atoms with E-state index in [0.717, 1.165) is 10.7 Å². The van der Waals surface area contributed by atoms with Gasteiger partial charge < -0.3 is 0 Å². The Kier molecular flexibility index (Phi) is 3.75. The first-order valence-corrected chi connectivity index (χ1v) is 8.13. The highest BCUT2D eigenvalue weighted by molar-refractivity contribution is 7.89. The van der Waals surface area contributed by atoms with Crippen LogP contribution in [0, 0.1) is 20.8 Å². The lowest BCUT2D eigenvalue weighted by Gasteiger charge is -2.12. The van der Waals surface area contributed by atoms with Crippen LogP contribution < -0.4 is 4.72 Å². The van der Waals surface area contributed by atoms with Gasteiger partial charge in [-0.25, -0.2) is 18.1 Å². The fourth-order valence-electron chi connectivity index (χ4n) is 1.85. The van der Waals surface area contributed by atoms with E-state index in [1.165, 1.54) is 11.3 Å². The lowest BCUT2D eigenvalue weighted by atomic mass is 10.4. The van der Waals surface area contributed by atoms with Gasteiger partial charge in [0.05, 0.1) is 17.4 Å². The molecule has 2 rings (SSSR count). The molecule has 0 fully saturated rings. The minimum atomic E-state index is -3.59. The average Bonchev–Trinajstić information content (AvgIpc) is 2.85. The number of nitrogens with zero attached hydrogens (tertiary/aromatic N) is 2. The zero-order valence-corrected chi connectivity index (χ0v) is 12.8. The molecule has 2 heterocycles. The van der Waals surface area contributed by atoms with Crippen molar-refractivity contribution in [2.24, 2.45) is 0 Å². The lowest BCUT2D eigenvalue weighted by Crippen LogP contribution is -2.27. The number of nitrogens with one attached hydrogen (secondary N) is 2. The first-order valence-electron chi connectivity index (χ1n) is 5.77. The van der Waals surface area contributed by atoms with Crippen molar-refractivity contribution in [2.75, 3.05) is 0 Å². The molecule has 6 nitrogen and oxygen atoms in total. The Hall–Kier alpha value is -1.25. The quantitative estimate of drug-likeness (QED) is 0.901. The number of aryl methyl sites for hydroxylation is 3. The van der Waals surface area contributed by atoms with Crippen LogP contribution in [0.1, 0.15) is 35.1 Å². The third-order valence-electron chi connectivity index (χ3n) is 2.67. The van der Waals surface area contributed by atoms with E-state index < -0.39 is 10.0 Å². The predicted molar refractivity (Wildman–Crippen MR) is 73.6 cm³/mol. The normalized spacial score (nSPS) is 13.7. The van der Waals surface area contributed by atoms with Crippen molar-refractivity contribution in [1.29, 1.82) is 0 Å². The maximum Gasteiger partial charge on any atom is 0.244 e. The molecule has 1 atom stereocenters. The number of H-pyrrole nitrogens is 1. The van der Waals surface area contributed by atoms with Crippen LogP contribution in [0.2, 0.25) is 0 Å². The predicted octanol–water partition coefficient (Wildman–Crippen LogP) is 1.83. The van der Waals surface area contributed by atoms with E-state index in [0.29, 0.717) is 11.4 Å². The van der Waals surface area contributed by atoms with E-state index in [9.17, 15) is 8.42 Å². The Labute approximate surface area is 116 Å². The van der Waals surface area contributed by atoms with Crippen molar-refractivity contribution >= 4 is 21.4 Å². The number of sulfonamides is 1. The summed E-state index contributed by atoms with van der Waals surface area (Å²) < 4.78 is 27.3. The van der Waals surface area contributed by atoms with Crippen LogP contribution in [0.4, 0.5) is 0 Å². The number of aromatic amines is 1. The van der Waals surface area contributed by atoms with Crippen molar-refractivity contribution in [3.05, 3.63) is 27.5 Å². The molecule has 0 aliphatic carbocycles. The molecule has 2 aromatic heterocycles. The molecule has 0 bridgehead atoms. The van der Waals surface area contributed by atoms with Gasteiger partial charge >= 0.3 is 0 Å². The van der Waals surface area contributed by atoms with Crippen LogP contribution in [0.3, 0.4) is 0 Å². The van der Waals surface area contributed by atoms with E-state index in [1.54, 1.807) is 20.8 Å². The zero-order chi connectivity index (χ0) is 14.2. The van der Waals surface area contributed by atoms with Crippen molar-refractivity contribution in [1.82, 2.24) is 19.9 Å². The minimum absolute atomic E-state index is 0.215. The second-order valence-electron chi connectivity index (χ2n) is 4.43.